The van der Waals surface area contributed by atoms with Crippen LogP contribution in [0.25, 0.3) is 11.3 Å². The molecule has 154 valence electrons. The van der Waals surface area contributed by atoms with Crippen LogP contribution in [0.15, 0.2) is 54.9 Å². The van der Waals surface area contributed by atoms with E-state index in [1.165, 1.54) is 18.4 Å². The number of hydrogen-bond donors (Lipinski definition) is 0. The van der Waals surface area contributed by atoms with E-state index in [1.54, 1.807) is 0 Å². The van der Waals surface area contributed by atoms with Crippen molar-refractivity contribution in [1.82, 2.24) is 19.7 Å². The molecule has 0 saturated heterocycles. The molecule has 5 nitrogen and oxygen atoms in total. The van der Waals surface area contributed by atoms with Crippen molar-refractivity contribution in [3.05, 3.63) is 66.1 Å². The number of ether oxygens (including phenoxy) is 1. The lowest BCUT2D eigenvalue weighted by atomic mass is 10.1. The summed E-state index contributed by atoms with van der Waals surface area (Å²) in [5.41, 5.74) is 4.38. The second-order valence-electron chi connectivity index (χ2n) is 7.80. The fourth-order valence-corrected chi connectivity index (χ4v) is 3.32. The predicted molar refractivity (Wildman–Crippen MR) is 118 cm³/mol. The largest absolute Gasteiger partial charge is 0.491 e. The molecule has 0 aliphatic heterocycles. The van der Waals surface area contributed by atoms with Gasteiger partial charge < -0.3 is 9.64 Å². The summed E-state index contributed by atoms with van der Waals surface area (Å²) in [6, 6.07) is 14.2. The van der Waals surface area contributed by atoms with Crippen LogP contribution in [0, 0.1) is 0 Å². The van der Waals surface area contributed by atoms with Crippen LogP contribution >= 0.6 is 0 Å². The molecule has 0 atom stereocenters. The van der Waals surface area contributed by atoms with Crippen LogP contribution in [0.5, 0.6) is 5.75 Å². The number of nitrogens with zero attached hydrogens (tertiary/aromatic N) is 4. The first-order valence-corrected chi connectivity index (χ1v) is 10.5. The van der Waals surface area contributed by atoms with Crippen molar-refractivity contribution < 1.29 is 4.74 Å². The van der Waals surface area contributed by atoms with Gasteiger partial charge in [0.15, 0.2) is 0 Å². The van der Waals surface area contributed by atoms with E-state index in [9.17, 15) is 0 Å². The minimum atomic E-state index is 0.168. The van der Waals surface area contributed by atoms with Gasteiger partial charge in [-0.2, -0.15) is 5.10 Å². The Bertz CT molecular complexity index is 872. The van der Waals surface area contributed by atoms with Crippen LogP contribution < -0.4 is 4.74 Å². The van der Waals surface area contributed by atoms with Crippen LogP contribution in [0.4, 0.5) is 0 Å². The van der Waals surface area contributed by atoms with E-state index in [4.69, 9.17) is 9.84 Å². The molecule has 0 radical (unpaired) electrons. The van der Waals surface area contributed by atoms with E-state index in [-0.39, 0.29) is 6.10 Å². The lowest BCUT2D eigenvalue weighted by Crippen LogP contribution is -2.19. The third kappa shape index (κ3) is 6.16. The Morgan fingerprint density at radius 2 is 1.90 bits per heavy atom. The number of aromatic nitrogens is 3. The molecule has 2 aromatic heterocycles. The van der Waals surface area contributed by atoms with Crippen molar-refractivity contribution in [3.63, 3.8) is 0 Å². The third-order valence-electron chi connectivity index (χ3n) is 4.72. The van der Waals surface area contributed by atoms with Gasteiger partial charge in [0, 0.05) is 30.1 Å². The molecule has 0 saturated carbocycles. The molecule has 2 heterocycles. The maximum Gasteiger partial charge on any atom is 0.119 e. The SMILES string of the molecule is CCCCN(C)Cc1cn(Cc2ccccn2)nc1-c1ccc(OC(C)C)cc1. The molecule has 1 aromatic carbocycles. The normalized spacial score (nSPS) is 11.4. The Balaban J connectivity index is 1.86. The lowest BCUT2D eigenvalue weighted by molar-refractivity contribution is 0.242. The number of hydrogen-bond acceptors (Lipinski definition) is 4. The molecule has 0 bridgehead atoms. The summed E-state index contributed by atoms with van der Waals surface area (Å²) < 4.78 is 7.79. The fraction of sp³-hybridized carbons (Fsp3) is 0.417. The summed E-state index contributed by atoms with van der Waals surface area (Å²) in [5.74, 6) is 0.887. The van der Waals surface area contributed by atoms with E-state index in [1.807, 2.05) is 55.1 Å². The molecule has 29 heavy (non-hydrogen) atoms. The monoisotopic (exact) mass is 392 g/mol. The highest BCUT2D eigenvalue weighted by Crippen LogP contribution is 2.26. The van der Waals surface area contributed by atoms with Gasteiger partial charge in [-0.25, -0.2) is 0 Å². The maximum atomic E-state index is 5.79. The van der Waals surface area contributed by atoms with Gasteiger partial charge in [0.2, 0.25) is 0 Å². The van der Waals surface area contributed by atoms with Crippen molar-refractivity contribution in [1.29, 1.82) is 0 Å². The molecular formula is C24H32N4O. The molecular weight excluding hydrogens is 360 g/mol. The van der Waals surface area contributed by atoms with Crippen molar-refractivity contribution in [3.8, 4) is 17.0 Å². The Hall–Kier alpha value is -2.66. The minimum Gasteiger partial charge on any atom is -0.491 e. The Morgan fingerprint density at radius 3 is 2.55 bits per heavy atom. The molecule has 0 N–H and O–H groups in total. The lowest BCUT2D eigenvalue weighted by Gasteiger charge is -2.16. The van der Waals surface area contributed by atoms with E-state index in [0.29, 0.717) is 6.54 Å². The highest BCUT2D eigenvalue weighted by molar-refractivity contribution is 5.63. The first-order chi connectivity index (χ1) is 14.0. The molecule has 0 spiro atoms. The standard InChI is InChI=1S/C24H32N4O/c1-5-6-15-27(4)16-21-17-28(18-22-9-7-8-14-25-22)26-24(21)20-10-12-23(13-11-20)29-19(2)3/h7-14,17,19H,5-6,15-16,18H2,1-4H3. The quantitative estimate of drug-likeness (QED) is 0.486. The Kier molecular flexibility index (Phi) is 7.42. The van der Waals surface area contributed by atoms with Gasteiger partial charge in [-0.05, 0) is 70.3 Å². The number of rotatable bonds is 10. The topological polar surface area (TPSA) is 43.2 Å². The first kappa shape index (κ1) is 21.1. The zero-order valence-corrected chi connectivity index (χ0v) is 18.0. The van der Waals surface area contributed by atoms with Crippen LogP contribution in [-0.2, 0) is 13.1 Å². The molecule has 5 heteroatoms. The van der Waals surface area contributed by atoms with E-state index < -0.39 is 0 Å². The zero-order chi connectivity index (χ0) is 20.6. The number of unbranched alkanes of at least 4 members (excludes halogenated alkanes) is 1. The Labute approximate surface area is 174 Å². The van der Waals surface area contributed by atoms with Gasteiger partial charge in [-0.15, -0.1) is 0 Å². The number of pyridine rings is 1. The van der Waals surface area contributed by atoms with Crippen molar-refractivity contribution >= 4 is 0 Å². The van der Waals surface area contributed by atoms with Crippen molar-refractivity contribution in [2.75, 3.05) is 13.6 Å². The summed E-state index contributed by atoms with van der Waals surface area (Å²) >= 11 is 0. The molecule has 0 unspecified atom stereocenters. The van der Waals surface area contributed by atoms with Gasteiger partial charge >= 0.3 is 0 Å². The first-order valence-electron chi connectivity index (χ1n) is 10.5. The third-order valence-corrected chi connectivity index (χ3v) is 4.72. The predicted octanol–water partition coefficient (Wildman–Crippen LogP) is 5.01. The summed E-state index contributed by atoms with van der Waals surface area (Å²) in [5, 5.41) is 4.91. The zero-order valence-electron chi connectivity index (χ0n) is 18.0. The highest BCUT2D eigenvalue weighted by Gasteiger charge is 2.14. The fourth-order valence-electron chi connectivity index (χ4n) is 3.32. The van der Waals surface area contributed by atoms with Crippen molar-refractivity contribution in [2.24, 2.45) is 0 Å². The average molecular weight is 393 g/mol. The van der Waals surface area contributed by atoms with Crippen molar-refractivity contribution in [2.45, 2.75) is 52.8 Å². The molecule has 3 aromatic rings. The van der Waals surface area contributed by atoms with E-state index in [0.717, 1.165) is 35.8 Å². The summed E-state index contributed by atoms with van der Waals surface area (Å²) in [6.45, 7) is 8.94. The van der Waals surface area contributed by atoms with Gasteiger partial charge in [-0.1, -0.05) is 19.4 Å². The second-order valence-corrected chi connectivity index (χ2v) is 7.80. The van der Waals surface area contributed by atoms with Gasteiger partial charge in [0.25, 0.3) is 0 Å². The minimum absolute atomic E-state index is 0.168. The summed E-state index contributed by atoms with van der Waals surface area (Å²) in [4.78, 5) is 6.80. The van der Waals surface area contributed by atoms with Crippen LogP contribution in [0.1, 0.15) is 44.9 Å². The summed E-state index contributed by atoms with van der Waals surface area (Å²) in [6.07, 6.45) is 6.56. The number of benzene rings is 1. The summed E-state index contributed by atoms with van der Waals surface area (Å²) in [7, 11) is 2.18. The Morgan fingerprint density at radius 1 is 1.10 bits per heavy atom. The van der Waals surface area contributed by atoms with Gasteiger partial charge in [0.1, 0.15) is 5.75 Å². The van der Waals surface area contributed by atoms with Crippen LogP contribution in [0.3, 0.4) is 0 Å². The molecule has 0 fully saturated rings. The smallest absolute Gasteiger partial charge is 0.119 e. The highest BCUT2D eigenvalue weighted by atomic mass is 16.5. The van der Waals surface area contributed by atoms with E-state index >= 15 is 0 Å². The molecule has 3 rings (SSSR count). The van der Waals surface area contributed by atoms with Crippen LogP contribution in [0.2, 0.25) is 0 Å². The molecule has 0 aliphatic rings. The van der Waals surface area contributed by atoms with Crippen LogP contribution in [-0.4, -0.2) is 39.4 Å². The van der Waals surface area contributed by atoms with E-state index in [2.05, 4.69) is 42.2 Å². The van der Waals surface area contributed by atoms with Gasteiger partial charge in [-0.3, -0.25) is 9.67 Å². The van der Waals surface area contributed by atoms with Gasteiger partial charge in [0.05, 0.1) is 24.0 Å². The molecule has 0 amide bonds. The maximum absolute atomic E-state index is 5.79. The second kappa shape index (κ2) is 10.2. The molecule has 0 aliphatic carbocycles. The average Bonchev–Trinajstić information content (AvgIpc) is 3.09.